The number of thiophene rings is 1. The van der Waals surface area contributed by atoms with Crippen LogP contribution in [0.3, 0.4) is 0 Å². The zero-order valence-electron chi connectivity index (χ0n) is 15.5. The second-order valence-electron chi connectivity index (χ2n) is 6.76. The maximum absolute atomic E-state index is 13.9. The van der Waals surface area contributed by atoms with Gasteiger partial charge in [-0.15, -0.1) is 22.7 Å². The van der Waals surface area contributed by atoms with Crippen LogP contribution in [0.25, 0.3) is 11.3 Å². The van der Waals surface area contributed by atoms with Crippen LogP contribution in [0.15, 0.2) is 45.3 Å². The summed E-state index contributed by atoms with van der Waals surface area (Å²) in [4.78, 5) is 16.8. The molecule has 1 fully saturated rings. The van der Waals surface area contributed by atoms with E-state index < -0.39 is 21.7 Å². The lowest BCUT2D eigenvalue weighted by Gasteiger charge is -2.29. The summed E-state index contributed by atoms with van der Waals surface area (Å²) >= 11 is 2.29. The van der Waals surface area contributed by atoms with Crippen molar-refractivity contribution in [3.63, 3.8) is 0 Å². The van der Waals surface area contributed by atoms with Crippen LogP contribution in [-0.4, -0.2) is 36.7 Å². The van der Waals surface area contributed by atoms with Crippen molar-refractivity contribution in [1.82, 2.24) is 9.29 Å². The summed E-state index contributed by atoms with van der Waals surface area (Å²) in [5.41, 5.74) is 0.267. The molecule has 1 amide bonds. The average molecular weight is 470 g/mol. The van der Waals surface area contributed by atoms with E-state index in [9.17, 15) is 22.0 Å². The molecule has 0 atom stereocenters. The molecule has 1 aliphatic heterocycles. The topological polar surface area (TPSA) is 79.4 Å². The first-order chi connectivity index (χ1) is 14.3. The summed E-state index contributed by atoms with van der Waals surface area (Å²) < 4.78 is 54.1. The maximum Gasteiger partial charge on any atom is 0.252 e. The highest BCUT2D eigenvalue weighted by molar-refractivity contribution is 7.91. The van der Waals surface area contributed by atoms with E-state index >= 15 is 0 Å². The molecule has 1 N–H and O–H groups in total. The monoisotopic (exact) mass is 469 g/mol. The molecule has 30 heavy (non-hydrogen) atoms. The lowest BCUT2D eigenvalue weighted by Crippen LogP contribution is -2.41. The molecule has 0 spiro atoms. The summed E-state index contributed by atoms with van der Waals surface area (Å²) in [6, 6.07) is 6.37. The van der Waals surface area contributed by atoms with Crippen LogP contribution >= 0.6 is 22.7 Å². The summed E-state index contributed by atoms with van der Waals surface area (Å²) in [6.45, 7) is 0.520. The average Bonchev–Trinajstić information content (AvgIpc) is 3.42. The fourth-order valence-corrected chi connectivity index (χ4v) is 6.58. The number of halogens is 2. The Kier molecular flexibility index (Phi) is 5.96. The van der Waals surface area contributed by atoms with Gasteiger partial charge < -0.3 is 5.32 Å². The predicted molar refractivity (Wildman–Crippen MR) is 112 cm³/mol. The Balaban J connectivity index is 1.38. The zero-order valence-corrected chi connectivity index (χ0v) is 18.0. The number of nitrogens with one attached hydrogen (secondary N) is 1. The quantitative estimate of drug-likeness (QED) is 0.608. The minimum Gasteiger partial charge on any atom is -0.302 e. The minimum absolute atomic E-state index is 0.0267. The Labute approximate surface area is 180 Å². The van der Waals surface area contributed by atoms with Gasteiger partial charge in [-0.3, -0.25) is 4.79 Å². The maximum atomic E-state index is 13.9. The van der Waals surface area contributed by atoms with Crippen LogP contribution < -0.4 is 5.32 Å². The standard InChI is InChI=1S/C19H17F2N3O3S3/c20-13-3-4-15(21)14(10-13)16-11-29-19(22-16)23-18(25)12-5-7-24(8-6-12)30(26,27)17-2-1-9-28-17/h1-4,9-12H,5-8H2,(H,22,23,25). The smallest absolute Gasteiger partial charge is 0.252 e. The molecule has 2 aromatic heterocycles. The third-order valence-corrected chi connectivity index (χ3v) is 8.88. The number of thiazole rings is 1. The number of carbonyl (C=O) groups is 1. The largest absolute Gasteiger partial charge is 0.302 e. The van der Waals surface area contributed by atoms with Gasteiger partial charge in [-0.2, -0.15) is 4.31 Å². The fraction of sp³-hybridized carbons (Fsp3) is 0.263. The number of hydrogen-bond acceptors (Lipinski definition) is 6. The molecule has 1 saturated heterocycles. The van der Waals surface area contributed by atoms with E-state index in [0.717, 1.165) is 29.5 Å². The van der Waals surface area contributed by atoms with Crippen molar-refractivity contribution in [2.45, 2.75) is 17.1 Å². The molecule has 1 aliphatic rings. The number of rotatable bonds is 5. The van der Waals surface area contributed by atoms with Crippen molar-refractivity contribution in [2.75, 3.05) is 18.4 Å². The molecular formula is C19H17F2N3O3S3. The van der Waals surface area contributed by atoms with Crippen molar-refractivity contribution in [3.05, 3.63) is 52.7 Å². The van der Waals surface area contributed by atoms with Crippen LogP contribution in [0.2, 0.25) is 0 Å². The second kappa shape index (κ2) is 8.50. The molecule has 0 bridgehead atoms. The van der Waals surface area contributed by atoms with Gasteiger partial charge in [-0.1, -0.05) is 6.07 Å². The number of anilines is 1. The lowest BCUT2D eigenvalue weighted by molar-refractivity contribution is -0.120. The van der Waals surface area contributed by atoms with Crippen LogP contribution in [0, 0.1) is 17.6 Å². The Hall–Kier alpha value is -2.21. The van der Waals surface area contributed by atoms with Gasteiger partial charge in [0.1, 0.15) is 15.8 Å². The third kappa shape index (κ3) is 4.29. The first-order valence-electron chi connectivity index (χ1n) is 9.10. The van der Waals surface area contributed by atoms with E-state index in [1.165, 1.54) is 15.6 Å². The highest BCUT2D eigenvalue weighted by atomic mass is 32.2. The van der Waals surface area contributed by atoms with Crippen molar-refractivity contribution >= 4 is 43.7 Å². The summed E-state index contributed by atoms with van der Waals surface area (Å²) in [6.07, 6.45) is 0.792. The molecule has 0 saturated carbocycles. The number of sulfonamides is 1. The summed E-state index contributed by atoms with van der Waals surface area (Å²) in [5, 5.41) is 6.25. The molecule has 1 aromatic carbocycles. The molecule has 0 aliphatic carbocycles. The van der Waals surface area contributed by atoms with Crippen molar-refractivity contribution in [1.29, 1.82) is 0 Å². The molecule has 4 rings (SSSR count). The number of carbonyl (C=O) groups excluding carboxylic acids is 1. The molecule has 0 unspecified atom stereocenters. The number of amides is 1. The van der Waals surface area contributed by atoms with E-state index in [2.05, 4.69) is 10.3 Å². The van der Waals surface area contributed by atoms with Gasteiger partial charge in [-0.05, 0) is 42.5 Å². The van der Waals surface area contributed by atoms with Gasteiger partial charge in [-0.25, -0.2) is 22.2 Å². The third-order valence-electron chi connectivity index (χ3n) is 4.85. The van der Waals surface area contributed by atoms with Gasteiger partial charge in [0.25, 0.3) is 10.0 Å². The Morgan fingerprint density at radius 2 is 1.93 bits per heavy atom. The Morgan fingerprint density at radius 3 is 2.63 bits per heavy atom. The molecule has 3 heterocycles. The Bertz CT molecular complexity index is 1150. The van der Waals surface area contributed by atoms with E-state index in [1.54, 1.807) is 22.9 Å². The predicted octanol–water partition coefficient (Wildman–Crippen LogP) is 4.19. The van der Waals surface area contributed by atoms with Crippen molar-refractivity contribution < 1.29 is 22.0 Å². The van der Waals surface area contributed by atoms with Crippen LogP contribution in [0.4, 0.5) is 13.9 Å². The number of nitrogens with zero attached hydrogens (tertiary/aromatic N) is 2. The number of hydrogen-bond donors (Lipinski definition) is 1. The molecule has 158 valence electrons. The van der Waals surface area contributed by atoms with Gasteiger partial charge in [0.2, 0.25) is 5.91 Å². The van der Waals surface area contributed by atoms with E-state index in [-0.39, 0.29) is 41.3 Å². The van der Waals surface area contributed by atoms with Gasteiger partial charge in [0.05, 0.1) is 5.69 Å². The summed E-state index contributed by atoms with van der Waals surface area (Å²) in [7, 11) is -3.52. The zero-order chi connectivity index (χ0) is 21.3. The molecule has 0 radical (unpaired) electrons. The molecule has 3 aromatic rings. The highest BCUT2D eigenvalue weighted by Crippen LogP contribution is 2.30. The SMILES string of the molecule is O=C(Nc1nc(-c2cc(F)ccc2F)cs1)C1CCN(S(=O)(=O)c2cccs2)CC1. The van der Waals surface area contributed by atoms with Crippen molar-refractivity contribution in [3.8, 4) is 11.3 Å². The van der Waals surface area contributed by atoms with Crippen LogP contribution in [-0.2, 0) is 14.8 Å². The number of piperidine rings is 1. The minimum atomic E-state index is -3.52. The normalized spacial score (nSPS) is 15.9. The Morgan fingerprint density at radius 1 is 1.17 bits per heavy atom. The first kappa shape index (κ1) is 21.0. The second-order valence-corrected chi connectivity index (χ2v) is 10.7. The van der Waals surface area contributed by atoms with Gasteiger partial charge in [0.15, 0.2) is 5.13 Å². The van der Waals surface area contributed by atoms with E-state index in [1.807, 2.05) is 0 Å². The van der Waals surface area contributed by atoms with Gasteiger partial charge >= 0.3 is 0 Å². The van der Waals surface area contributed by atoms with Crippen LogP contribution in [0.5, 0.6) is 0 Å². The fourth-order valence-electron chi connectivity index (χ4n) is 3.25. The molecule has 11 heteroatoms. The number of benzene rings is 1. The highest BCUT2D eigenvalue weighted by Gasteiger charge is 2.32. The molecular weight excluding hydrogens is 452 g/mol. The lowest BCUT2D eigenvalue weighted by atomic mass is 9.97. The first-order valence-corrected chi connectivity index (χ1v) is 12.3. The molecule has 6 nitrogen and oxygen atoms in total. The van der Waals surface area contributed by atoms with E-state index in [4.69, 9.17) is 0 Å². The van der Waals surface area contributed by atoms with Crippen molar-refractivity contribution in [2.24, 2.45) is 5.92 Å². The summed E-state index contributed by atoms with van der Waals surface area (Å²) in [5.74, 6) is -1.78. The van der Waals surface area contributed by atoms with Crippen LogP contribution in [0.1, 0.15) is 12.8 Å². The number of aromatic nitrogens is 1. The van der Waals surface area contributed by atoms with Gasteiger partial charge in [0, 0.05) is 30.0 Å². The van der Waals surface area contributed by atoms with E-state index in [0.29, 0.717) is 17.1 Å².